The lowest BCUT2D eigenvalue weighted by Gasteiger charge is -2.10. The normalized spacial score (nSPS) is 10.9. The highest BCUT2D eigenvalue weighted by molar-refractivity contribution is 7.17. The Morgan fingerprint density at radius 3 is 2.71 bits per heavy atom. The number of hydrogen-bond acceptors (Lipinski definition) is 7. The molecule has 0 radical (unpaired) electrons. The first-order valence-corrected chi connectivity index (χ1v) is 11.3. The van der Waals surface area contributed by atoms with Gasteiger partial charge in [0.05, 0.1) is 18.5 Å². The summed E-state index contributed by atoms with van der Waals surface area (Å²) in [5, 5.41) is 4.98. The van der Waals surface area contributed by atoms with Crippen LogP contribution in [0.2, 0.25) is 0 Å². The van der Waals surface area contributed by atoms with Crippen molar-refractivity contribution in [3.05, 3.63) is 68.9 Å². The number of nitrogens with one attached hydrogen (secondary N) is 1. The first kappa shape index (κ1) is 21.0. The number of thiophene rings is 2. The third-order valence-electron chi connectivity index (χ3n) is 4.63. The lowest BCUT2D eigenvalue weighted by molar-refractivity contribution is -0.116. The zero-order valence-electron chi connectivity index (χ0n) is 16.9. The molecule has 0 spiro atoms. The molecule has 1 amide bonds. The fraction of sp³-hybridized carbons (Fsp3) is 0.182. The third kappa shape index (κ3) is 4.14. The van der Waals surface area contributed by atoms with Crippen molar-refractivity contribution < 1.29 is 14.3 Å². The molecule has 158 valence electrons. The van der Waals surface area contributed by atoms with Crippen LogP contribution in [0.4, 0.5) is 5.00 Å². The van der Waals surface area contributed by atoms with Crippen LogP contribution in [0.5, 0.6) is 0 Å². The maximum atomic E-state index is 12.8. The molecule has 1 aromatic carbocycles. The van der Waals surface area contributed by atoms with Gasteiger partial charge in [-0.05, 0) is 30.9 Å². The Hall–Kier alpha value is -3.30. The molecule has 4 aromatic rings. The third-order valence-corrected chi connectivity index (χ3v) is 6.54. The van der Waals surface area contributed by atoms with Crippen molar-refractivity contribution in [3.63, 3.8) is 0 Å². The molecule has 4 rings (SSSR count). The summed E-state index contributed by atoms with van der Waals surface area (Å²) in [7, 11) is 0. The molecule has 31 heavy (non-hydrogen) atoms. The predicted molar refractivity (Wildman–Crippen MR) is 123 cm³/mol. The molecule has 0 aliphatic carbocycles. The summed E-state index contributed by atoms with van der Waals surface area (Å²) in [6.45, 7) is 3.64. The number of carbonyl (C=O) groups is 2. The quantitative estimate of drug-likeness (QED) is 0.439. The van der Waals surface area contributed by atoms with Crippen LogP contribution in [0.25, 0.3) is 21.3 Å². The van der Waals surface area contributed by atoms with Crippen molar-refractivity contribution in [3.8, 4) is 11.1 Å². The van der Waals surface area contributed by atoms with Crippen molar-refractivity contribution in [2.45, 2.75) is 20.4 Å². The van der Waals surface area contributed by atoms with Crippen molar-refractivity contribution in [2.75, 3.05) is 11.9 Å². The van der Waals surface area contributed by atoms with Crippen LogP contribution in [-0.2, 0) is 16.1 Å². The molecule has 1 N–H and O–H groups in total. The second-order valence-electron chi connectivity index (χ2n) is 6.68. The maximum Gasteiger partial charge on any atom is 0.341 e. The van der Waals surface area contributed by atoms with Crippen molar-refractivity contribution in [1.82, 2.24) is 9.55 Å². The van der Waals surface area contributed by atoms with Gasteiger partial charge in [-0.1, -0.05) is 30.3 Å². The van der Waals surface area contributed by atoms with Gasteiger partial charge in [0, 0.05) is 10.4 Å². The van der Waals surface area contributed by atoms with Crippen molar-refractivity contribution in [2.24, 2.45) is 0 Å². The number of benzene rings is 1. The summed E-state index contributed by atoms with van der Waals surface area (Å²) in [4.78, 5) is 43.2. The van der Waals surface area contributed by atoms with Gasteiger partial charge in [-0.2, -0.15) is 0 Å². The molecular formula is C22H19N3O4S2. The number of rotatable bonds is 6. The highest BCUT2D eigenvalue weighted by Crippen LogP contribution is 2.40. The minimum absolute atomic E-state index is 0.209. The lowest BCUT2D eigenvalue weighted by atomic mass is 10.0. The van der Waals surface area contributed by atoms with Gasteiger partial charge < -0.3 is 10.1 Å². The van der Waals surface area contributed by atoms with Gasteiger partial charge in [0.2, 0.25) is 5.91 Å². The summed E-state index contributed by atoms with van der Waals surface area (Å²) in [5.74, 6) is -0.925. The molecule has 3 aromatic heterocycles. The van der Waals surface area contributed by atoms with E-state index in [1.165, 1.54) is 33.6 Å². The molecule has 0 bridgehead atoms. The molecule has 9 heteroatoms. The SMILES string of the molecule is CCOC(=O)c1c(NC(=O)Cn2cnc3ccsc3c2=O)sc(C)c1-c1ccccc1. The van der Waals surface area contributed by atoms with E-state index >= 15 is 0 Å². The van der Waals surface area contributed by atoms with E-state index < -0.39 is 11.9 Å². The van der Waals surface area contributed by atoms with Crippen LogP contribution in [0.1, 0.15) is 22.2 Å². The van der Waals surface area contributed by atoms with Crippen LogP contribution in [-0.4, -0.2) is 28.0 Å². The van der Waals surface area contributed by atoms with E-state index in [0.29, 0.717) is 20.8 Å². The first-order valence-electron chi connectivity index (χ1n) is 9.58. The second kappa shape index (κ2) is 8.83. The Kier molecular flexibility index (Phi) is 5.97. The molecular weight excluding hydrogens is 434 g/mol. The van der Waals surface area contributed by atoms with Gasteiger partial charge in [0.25, 0.3) is 5.56 Å². The van der Waals surface area contributed by atoms with E-state index in [-0.39, 0.29) is 18.7 Å². The van der Waals surface area contributed by atoms with E-state index in [1.807, 2.05) is 37.3 Å². The molecule has 0 atom stereocenters. The number of ether oxygens (including phenoxy) is 1. The van der Waals surface area contributed by atoms with Gasteiger partial charge in [-0.25, -0.2) is 9.78 Å². The van der Waals surface area contributed by atoms with Crippen LogP contribution in [0.3, 0.4) is 0 Å². The highest BCUT2D eigenvalue weighted by Gasteiger charge is 2.25. The molecule has 0 aliphatic heterocycles. The predicted octanol–water partition coefficient (Wildman–Crippen LogP) is 4.31. The average Bonchev–Trinajstić information content (AvgIpc) is 3.35. The van der Waals surface area contributed by atoms with E-state index in [1.54, 1.807) is 18.4 Å². The van der Waals surface area contributed by atoms with Gasteiger partial charge in [-0.3, -0.25) is 14.2 Å². The molecule has 0 saturated heterocycles. The Morgan fingerprint density at radius 1 is 1.19 bits per heavy atom. The lowest BCUT2D eigenvalue weighted by Crippen LogP contribution is -2.27. The first-order chi connectivity index (χ1) is 15.0. The molecule has 0 fully saturated rings. The maximum absolute atomic E-state index is 12.8. The number of amides is 1. The van der Waals surface area contributed by atoms with Gasteiger partial charge in [0.1, 0.15) is 21.8 Å². The van der Waals surface area contributed by atoms with Crippen molar-refractivity contribution in [1.29, 1.82) is 0 Å². The summed E-state index contributed by atoms with van der Waals surface area (Å²) in [5.41, 5.74) is 2.26. The summed E-state index contributed by atoms with van der Waals surface area (Å²) >= 11 is 2.59. The molecule has 7 nitrogen and oxygen atoms in total. The van der Waals surface area contributed by atoms with E-state index in [0.717, 1.165) is 16.0 Å². The van der Waals surface area contributed by atoms with Crippen LogP contribution < -0.4 is 10.9 Å². The van der Waals surface area contributed by atoms with Crippen LogP contribution in [0.15, 0.2) is 52.9 Å². The number of anilines is 1. The average molecular weight is 454 g/mol. The standard InChI is InChI=1S/C22H19N3O4S2/c1-3-29-22(28)18-17(14-7-5-4-6-8-14)13(2)31-20(18)24-16(26)11-25-12-23-15-9-10-30-19(15)21(25)27/h4-10,12H,3,11H2,1-2H3,(H,24,26). The Labute approximate surface area is 185 Å². The number of aryl methyl sites for hydroxylation is 1. The number of hydrogen-bond donors (Lipinski definition) is 1. The fourth-order valence-corrected chi connectivity index (χ4v) is 5.17. The number of aromatic nitrogens is 2. The van der Waals surface area contributed by atoms with Crippen LogP contribution >= 0.6 is 22.7 Å². The molecule has 3 heterocycles. The van der Waals surface area contributed by atoms with Crippen LogP contribution in [0, 0.1) is 6.92 Å². The van der Waals surface area contributed by atoms with Gasteiger partial charge >= 0.3 is 5.97 Å². The number of fused-ring (bicyclic) bond motifs is 1. The van der Waals surface area contributed by atoms with Gasteiger partial charge in [-0.15, -0.1) is 22.7 Å². The zero-order valence-corrected chi connectivity index (χ0v) is 18.5. The largest absolute Gasteiger partial charge is 0.462 e. The Bertz CT molecular complexity index is 1320. The summed E-state index contributed by atoms with van der Waals surface area (Å²) < 4.78 is 7.02. The minimum Gasteiger partial charge on any atom is -0.462 e. The Balaban J connectivity index is 1.67. The number of carbonyl (C=O) groups excluding carboxylic acids is 2. The fourth-order valence-electron chi connectivity index (χ4n) is 3.30. The zero-order chi connectivity index (χ0) is 22.0. The summed E-state index contributed by atoms with van der Waals surface area (Å²) in [6.07, 6.45) is 1.36. The van der Waals surface area contributed by atoms with E-state index in [9.17, 15) is 14.4 Å². The molecule has 0 unspecified atom stereocenters. The van der Waals surface area contributed by atoms with E-state index in [4.69, 9.17) is 4.74 Å². The smallest absolute Gasteiger partial charge is 0.341 e. The topological polar surface area (TPSA) is 90.3 Å². The van der Waals surface area contributed by atoms with Crippen molar-refractivity contribution >= 4 is 49.8 Å². The molecule has 0 saturated carbocycles. The van der Waals surface area contributed by atoms with Gasteiger partial charge in [0.15, 0.2) is 0 Å². The Morgan fingerprint density at radius 2 is 1.97 bits per heavy atom. The highest BCUT2D eigenvalue weighted by atomic mass is 32.1. The summed E-state index contributed by atoms with van der Waals surface area (Å²) in [6, 6.07) is 11.3. The monoisotopic (exact) mass is 453 g/mol. The molecule has 0 aliphatic rings. The minimum atomic E-state index is -0.500. The number of nitrogens with zero attached hydrogens (tertiary/aromatic N) is 2. The number of esters is 1. The second-order valence-corrected chi connectivity index (χ2v) is 8.83. The van der Waals surface area contributed by atoms with E-state index in [2.05, 4.69) is 10.3 Å².